The maximum Gasteiger partial charge on any atom is 0.460 e. The predicted molar refractivity (Wildman–Crippen MR) is 110 cm³/mol. The topological polar surface area (TPSA) is 57.5 Å². The lowest BCUT2D eigenvalue weighted by molar-refractivity contribution is -0.391. The molecule has 192 valence electrons. The number of aromatic nitrogens is 1. The normalized spacial score (nSPS) is 21.4. The first-order valence-corrected chi connectivity index (χ1v) is 10.4. The van der Waals surface area contributed by atoms with Crippen LogP contribution in [0.2, 0.25) is 0 Å². The van der Waals surface area contributed by atoms with Gasteiger partial charge in [-0.25, -0.2) is 4.79 Å². The highest BCUT2D eigenvalue weighted by Gasteiger charge is 2.86. The SMILES string of the molecule is CCOC(=O)[C@@H]1C(=C(C)C)C(=O)O[C@@]1(c1c(C)n(C)c2ccccc12)C(F)(F)C(F)(F)C(F)(F)F. The number of benzene rings is 1. The van der Waals surface area contributed by atoms with Gasteiger partial charge in [0.25, 0.3) is 0 Å². The van der Waals surface area contributed by atoms with Crippen LogP contribution in [0, 0.1) is 12.8 Å². The van der Waals surface area contributed by atoms with Crippen LogP contribution in [-0.4, -0.2) is 41.1 Å². The third-order valence-corrected chi connectivity index (χ3v) is 6.22. The van der Waals surface area contributed by atoms with Gasteiger partial charge in [-0.2, -0.15) is 30.7 Å². The summed E-state index contributed by atoms with van der Waals surface area (Å²) in [5.74, 6) is -18.7. The van der Waals surface area contributed by atoms with Gasteiger partial charge in [-0.05, 0) is 33.8 Å². The van der Waals surface area contributed by atoms with E-state index in [1.165, 1.54) is 63.6 Å². The Morgan fingerprint density at radius 3 is 2.20 bits per heavy atom. The summed E-state index contributed by atoms with van der Waals surface area (Å²) < 4.78 is 112. The molecule has 2 heterocycles. The number of fused-ring (bicyclic) bond motifs is 1. The molecule has 0 saturated carbocycles. The first kappa shape index (κ1) is 26.6. The van der Waals surface area contributed by atoms with Crippen molar-refractivity contribution in [2.75, 3.05) is 6.61 Å². The molecule has 0 aliphatic carbocycles. The van der Waals surface area contributed by atoms with E-state index in [0.717, 1.165) is 0 Å². The molecule has 0 amide bonds. The number of alkyl halides is 7. The van der Waals surface area contributed by atoms with Gasteiger partial charge in [0, 0.05) is 29.2 Å². The highest BCUT2D eigenvalue weighted by atomic mass is 19.4. The van der Waals surface area contributed by atoms with Gasteiger partial charge in [-0.1, -0.05) is 23.8 Å². The van der Waals surface area contributed by atoms with Crippen LogP contribution in [0.3, 0.4) is 0 Å². The monoisotopic (exact) mass is 509 g/mol. The van der Waals surface area contributed by atoms with Crippen molar-refractivity contribution < 1.29 is 49.8 Å². The van der Waals surface area contributed by atoms with Gasteiger partial charge in [-0.3, -0.25) is 4.79 Å². The second-order valence-electron chi connectivity index (χ2n) is 8.41. The van der Waals surface area contributed by atoms with E-state index in [1.54, 1.807) is 0 Å². The Balaban J connectivity index is 2.61. The molecule has 0 radical (unpaired) electrons. The lowest BCUT2D eigenvalue weighted by Gasteiger charge is -2.42. The Bertz CT molecular complexity index is 1220. The molecule has 1 aromatic carbocycles. The Labute approximate surface area is 195 Å². The molecule has 0 N–H and O–H groups in total. The van der Waals surface area contributed by atoms with Gasteiger partial charge < -0.3 is 14.0 Å². The number of ether oxygens (including phenoxy) is 2. The zero-order valence-corrected chi connectivity index (χ0v) is 19.3. The number of aryl methyl sites for hydroxylation is 1. The minimum absolute atomic E-state index is 0.0843. The lowest BCUT2D eigenvalue weighted by atomic mass is 9.71. The summed E-state index contributed by atoms with van der Waals surface area (Å²) in [7, 11) is 1.37. The average molecular weight is 509 g/mol. The quantitative estimate of drug-likeness (QED) is 0.300. The van der Waals surface area contributed by atoms with Crippen molar-refractivity contribution in [2.45, 2.75) is 51.3 Å². The third-order valence-electron chi connectivity index (χ3n) is 6.22. The molecule has 0 spiro atoms. The first-order valence-electron chi connectivity index (χ1n) is 10.4. The standard InChI is InChI=1S/C23H22F7NO4/c1-6-34-19(33)17-15(11(2)3)18(32)35-20(17,21(24,25)22(26,27)23(28,29)30)16-12(4)31(5)14-10-8-7-9-13(14)16/h7-10,17H,6H2,1-5H3/t17-,20+/m0/s1. The van der Waals surface area contributed by atoms with Crippen molar-refractivity contribution in [1.29, 1.82) is 0 Å². The summed E-state index contributed by atoms with van der Waals surface area (Å²) >= 11 is 0. The largest absolute Gasteiger partial charge is 0.465 e. The first-order chi connectivity index (χ1) is 16.0. The molecule has 35 heavy (non-hydrogen) atoms. The van der Waals surface area contributed by atoms with Crippen molar-refractivity contribution in [2.24, 2.45) is 13.0 Å². The molecular weight excluding hydrogens is 487 g/mol. The maximum absolute atomic E-state index is 15.9. The fourth-order valence-electron chi connectivity index (χ4n) is 4.58. The Hall–Kier alpha value is -3.05. The van der Waals surface area contributed by atoms with E-state index in [2.05, 4.69) is 0 Å². The number of rotatable bonds is 5. The van der Waals surface area contributed by atoms with Crippen LogP contribution >= 0.6 is 0 Å². The summed E-state index contributed by atoms with van der Waals surface area (Å²) in [6, 6.07) is 5.46. The highest BCUT2D eigenvalue weighted by molar-refractivity contribution is 6.02. The maximum atomic E-state index is 15.9. The number of allylic oxidation sites excluding steroid dienone is 1. The summed E-state index contributed by atoms with van der Waals surface area (Å²) in [4.78, 5) is 25.9. The zero-order valence-electron chi connectivity index (χ0n) is 19.3. The van der Waals surface area contributed by atoms with Gasteiger partial charge in [0.1, 0.15) is 5.92 Å². The molecule has 1 fully saturated rings. The van der Waals surface area contributed by atoms with Crippen LogP contribution in [0.5, 0.6) is 0 Å². The van der Waals surface area contributed by atoms with E-state index >= 15 is 8.78 Å². The fourth-order valence-corrected chi connectivity index (χ4v) is 4.58. The molecule has 1 aliphatic heterocycles. The van der Waals surface area contributed by atoms with Gasteiger partial charge >= 0.3 is 30.0 Å². The second-order valence-corrected chi connectivity index (χ2v) is 8.41. The highest BCUT2D eigenvalue weighted by Crippen LogP contribution is 2.63. The molecular formula is C23H22F7NO4. The molecule has 2 atom stereocenters. The summed E-state index contributed by atoms with van der Waals surface area (Å²) in [5, 5.41) is -0.192. The number of hydrogen-bond donors (Lipinski definition) is 0. The van der Waals surface area contributed by atoms with Crippen molar-refractivity contribution >= 4 is 22.8 Å². The minimum Gasteiger partial charge on any atom is -0.465 e. The molecule has 5 nitrogen and oxygen atoms in total. The number of halogens is 7. The van der Waals surface area contributed by atoms with E-state index in [9.17, 15) is 31.5 Å². The summed E-state index contributed by atoms with van der Waals surface area (Å²) in [5.41, 5.74) is -5.80. The van der Waals surface area contributed by atoms with Crippen LogP contribution in [0.15, 0.2) is 35.4 Å². The fraction of sp³-hybridized carbons (Fsp3) is 0.478. The Morgan fingerprint density at radius 2 is 1.69 bits per heavy atom. The third kappa shape index (κ3) is 3.43. The summed E-state index contributed by atoms with van der Waals surface area (Å²) in [6.45, 7) is 4.48. The van der Waals surface area contributed by atoms with E-state index in [1.807, 2.05) is 0 Å². The number of carbonyl (C=O) groups is 2. The van der Waals surface area contributed by atoms with Gasteiger partial charge in [0.05, 0.1) is 12.2 Å². The predicted octanol–water partition coefficient (Wildman–Crippen LogP) is 5.59. The smallest absolute Gasteiger partial charge is 0.460 e. The number of para-hydroxylation sites is 1. The van der Waals surface area contributed by atoms with E-state index in [4.69, 9.17) is 9.47 Å². The van der Waals surface area contributed by atoms with Crippen LogP contribution in [0.4, 0.5) is 30.7 Å². The number of cyclic esters (lactones) is 1. The van der Waals surface area contributed by atoms with Crippen LogP contribution in [-0.2, 0) is 31.7 Å². The van der Waals surface area contributed by atoms with Crippen molar-refractivity contribution in [3.63, 3.8) is 0 Å². The molecule has 0 unspecified atom stereocenters. The molecule has 1 saturated heterocycles. The second kappa shape index (κ2) is 8.27. The van der Waals surface area contributed by atoms with E-state index in [0.29, 0.717) is 0 Å². The van der Waals surface area contributed by atoms with Crippen LogP contribution < -0.4 is 0 Å². The van der Waals surface area contributed by atoms with E-state index in [-0.39, 0.29) is 22.2 Å². The van der Waals surface area contributed by atoms with E-state index < -0.39 is 59.2 Å². The van der Waals surface area contributed by atoms with Crippen molar-refractivity contribution in [1.82, 2.24) is 4.57 Å². The molecule has 3 rings (SSSR count). The van der Waals surface area contributed by atoms with Gasteiger partial charge in [0.15, 0.2) is 0 Å². The van der Waals surface area contributed by atoms with Crippen LogP contribution in [0.25, 0.3) is 10.9 Å². The lowest BCUT2D eigenvalue weighted by Crippen LogP contribution is -2.65. The molecule has 12 heteroatoms. The average Bonchev–Trinajstić information content (AvgIpc) is 3.19. The minimum atomic E-state index is -6.75. The molecule has 1 aliphatic rings. The number of hydrogen-bond acceptors (Lipinski definition) is 4. The van der Waals surface area contributed by atoms with Crippen LogP contribution in [0.1, 0.15) is 32.0 Å². The Kier molecular flexibility index (Phi) is 6.27. The number of carbonyl (C=O) groups excluding carboxylic acids is 2. The Morgan fingerprint density at radius 1 is 1.11 bits per heavy atom. The molecule has 2 aromatic rings. The van der Waals surface area contributed by atoms with Gasteiger partial charge in [0.2, 0.25) is 5.60 Å². The summed E-state index contributed by atoms with van der Waals surface area (Å²) in [6.07, 6.45) is -6.75. The zero-order chi connectivity index (χ0) is 26.7. The number of esters is 2. The number of nitrogens with zero attached hydrogens (tertiary/aromatic N) is 1. The van der Waals surface area contributed by atoms with Gasteiger partial charge in [-0.15, -0.1) is 0 Å². The van der Waals surface area contributed by atoms with Crippen molar-refractivity contribution in [3.8, 4) is 0 Å². The molecule has 1 aromatic heterocycles. The molecule has 0 bridgehead atoms. The van der Waals surface area contributed by atoms with Crippen molar-refractivity contribution in [3.05, 3.63) is 46.7 Å².